The second-order valence-electron chi connectivity index (χ2n) is 3.31. The molecule has 1 aromatic carbocycles. The van der Waals surface area contributed by atoms with Crippen molar-refractivity contribution in [2.45, 2.75) is 6.36 Å². The molecule has 0 radical (unpaired) electrons. The minimum atomic E-state index is -4.72. The lowest BCUT2D eigenvalue weighted by atomic mass is 10.3. The van der Waals surface area contributed by atoms with Gasteiger partial charge in [-0.3, -0.25) is 0 Å². The lowest BCUT2D eigenvalue weighted by Gasteiger charge is -2.12. The Morgan fingerprint density at radius 1 is 1.39 bits per heavy atom. The van der Waals surface area contributed by atoms with E-state index in [4.69, 9.17) is 16.3 Å². The molecule has 0 saturated carbocycles. The van der Waals surface area contributed by atoms with E-state index < -0.39 is 6.36 Å². The average Bonchev–Trinajstić information content (AvgIpc) is 2.27. The third-order valence-electron chi connectivity index (χ3n) is 1.76. The van der Waals surface area contributed by atoms with E-state index in [9.17, 15) is 13.2 Å². The molecule has 0 amide bonds. The van der Waals surface area contributed by atoms with Gasteiger partial charge in [0.05, 0.1) is 4.47 Å². The molecule has 0 heterocycles. The van der Waals surface area contributed by atoms with Crippen LogP contribution in [0.25, 0.3) is 0 Å². The van der Waals surface area contributed by atoms with Gasteiger partial charge in [-0.2, -0.15) is 0 Å². The lowest BCUT2D eigenvalue weighted by Crippen LogP contribution is -2.17. The maximum Gasteiger partial charge on any atom is 0.573 e. The number of alkyl halides is 4. The molecule has 0 N–H and O–H groups in total. The monoisotopic (exact) mass is 344 g/mol. The van der Waals surface area contributed by atoms with Crippen molar-refractivity contribution in [3.05, 3.63) is 34.8 Å². The van der Waals surface area contributed by atoms with Crippen molar-refractivity contribution in [1.29, 1.82) is 0 Å². The molecule has 0 saturated heterocycles. The van der Waals surface area contributed by atoms with Crippen molar-refractivity contribution in [2.24, 2.45) is 0 Å². The molecule has 0 atom stereocenters. The Balaban J connectivity index is 2.70. The van der Waals surface area contributed by atoms with Gasteiger partial charge in [0.25, 0.3) is 0 Å². The minimum absolute atomic E-state index is 0.147. The van der Waals surface area contributed by atoms with Crippen LogP contribution in [0, 0.1) is 0 Å². The molecule has 0 aromatic heterocycles. The van der Waals surface area contributed by atoms with Crippen molar-refractivity contribution in [2.75, 3.05) is 12.5 Å². The summed E-state index contributed by atoms with van der Waals surface area (Å²) in [5.74, 6) is 0.324. The predicted octanol–water partition coefficient (Wildman–Crippen LogP) is 4.52. The first-order valence-electron chi connectivity index (χ1n) is 4.72. The number of benzene rings is 1. The number of hydrogen-bond acceptors (Lipinski definition) is 2. The quantitative estimate of drug-likeness (QED) is 0.577. The van der Waals surface area contributed by atoms with Crippen molar-refractivity contribution in [3.63, 3.8) is 0 Å². The number of ether oxygens (including phenoxy) is 2. The zero-order valence-corrected chi connectivity index (χ0v) is 11.4. The molecule has 0 aliphatic carbocycles. The van der Waals surface area contributed by atoms with Crippen LogP contribution in [-0.2, 0) is 0 Å². The van der Waals surface area contributed by atoms with Gasteiger partial charge in [0.1, 0.15) is 18.1 Å². The van der Waals surface area contributed by atoms with Crippen LogP contribution in [0.4, 0.5) is 13.2 Å². The Bertz CT molecular complexity index is 435. The number of hydrogen-bond donors (Lipinski definition) is 0. The fourth-order valence-electron chi connectivity index (χ4n) is 1.00. The van der Waals surface area contributed by atoms with Crippen molar-refractivity contribution >= 4 is 27.5 Å². The summed E-state index contributed by atoms with van der Waals surface area (Å²) in [6.45, 7) is 3.84. The Morgan fingerprint density at radius 3 is 2.56 bits per heavy atom. The first kappa shape index (κ1) is 15.2. The van der Waals surface area contributed by atoms with E-state index >= 15 is 0 Å². The van der Waals surface area contributed by atoms with Crippen LogP contribution in [0.15, 0.2) is 34.8 Å². The minimum Gasteiger partial charge on any atom is -0.489 e. The summed E-state index contributed by atoms with van der Waals surface area (Å²) in [7, 11) is 0. The zero-order valence-electron chi connectivity index (χ0n) is 9.06. The summed E-state index contributed by atoms with van der Waals surface area (Å²) in [6, 6.07) is 3.91. The number of rotatable bonds is 5. The Labute approximate surface area is 115 Å². The van der Waals surface area contributed by atoms with Gasteiger partial charge < -0.3 is 9.47 Å². The van der Waals surface area contributed by atoms with E-state index in [1.54, 1.807) is 0 Å². The summed E-state index contributed by atoms with van der Waals surface area (Å²) < 4.78 is 45.3. The summed E-state index contributed by atoms with van der Waals surface area (Å²) in [4.78, 5) is 0. The van der Waals surface area contributed by atoms with Crippen LogP contribution in [0.1, 0.15) is 0 Å². The van der Waals surface area contributed by atoms with Crippen LogP contribution in [0.5, 0.6) is 11.5 Å². The average molecular weight is 346 g/mol. The highest BCUT2D eigenvalue weighted by Crippen LogP contribution is 2.33. The van der Waals surface area contributed by atoms with E-state index in [-0.39, 0.29) is 22.7 Å². The standard InChI is InChI=1S/C11H9BrClF3O2/c1-7(5-13)6-17-8-2-3-10(9(12)4-8)18-11(14,15)16/h2-4H,1,5-6H2. The molecular weight excluding hydrogens is 336 g/mol. The molecule has 1 rings (SSSR count). The molecule has 1 aromatic rings. The van der Waals surface area contributed by atoms with E-state index in [1.807, 2.05) is 0 Å². The maximum absolute atomic E-state index is 12.0. The van der Waals surface area contributed by atoms with E-state index in [2.05, 4.69) is 27.2 Å². The van der Waals surface area contributed by atoms with Crippen LogP contribution < -0.4 is 9.47 Å². The van der Waals surface area contributed by atoms with Gasteiger partial charge in [0, 0.05) is 5.88 Å². The Hall–Kier alpha value is -0.880. The predicted molar refractivity (Wildman–Crippen MR) is 66.2 cm³/mol. The normalized spacial score (nSPS) is 11.2. The second-order valence-corrected chi connectivity index (χ2v) is 4.43. The van der Waals surface area contributed by atoms with Crippen LogP contribution in [0.3, 0.4) is 0 Å². The van der Waals surface area contributed by atoms with E-state index in [1.165, 1.54) is 12.1 Å². The lowest BCUT2D eigenvalue weighted by molar-refractivity contribution is -0.274. The highest BCUT2D eigenvalue weighted by molar-refractivity contribution is 9.10. The first-order valence-corrected chi connectivity index (χ1v) is 6.05. The summed E-state index contributed by atoms with van der Waals surface area (Å²) in [5.41, 5.74) is 0.670. The van der Waals surface area contributed by atoms with Crippen LogP contribution >= 0.6 is 27.5 Å². The third-order valence-corrected chi connectivity index (χ3v) is 2.76. The highest BCUT2D eigenvalue weighted by atomic mass is 79.9. The van der Waals surface area contributed by atoms with Gasteiger partial charge in [-0.15, -0.1) is 24.8 Å². The molecule has 0 aliphatic rings. The molecule has 2 nitrogen and oxygen atoms in total. The molecule has 0 unspecified atom stereocenters. The summed E-state index contributed by atoms with van der Waals surface area (Å²) in [6.07, 6.45) is -4.72. The fourth-order valence-corrected chi connectivity index (χ4v) is 1.52. The van der Waals surface area contributed by atoms with Crippen LogP contribution in [-0.4, -0.2) is 18.8 Å². The second kappa shape index (κ2) is 6.33. The van der Waals surface area contributed by atoms with Gasteiger partial charge in [-0.1, -0.05) is 6.58 Å². The van der Waals surface area contributed by atoms with Gasteiger partial charge in [0.2, 0.25) is 0 Å². The van der Waals surface area contributed by atoms with Crippen LogP contribution in [0.2, 0.25) is 0 Å². The fraction of sp³-hybridized carbons (Fsp3) is 0.273. The zero-order chi connectivity index (χ0) is 13.8. The molecule has 0 spiro atoms. The SMILES string of the molecule is C=C(CCl)COc1ccc(OC(F)(F)F)c(Br)c1. The molecule has 100 valence electrons. The molecule has 0 bridgehead atoms. The first-order chi connectivity index (χ1) is 8.31. The molecule has 7 heteroatoms. The third kappa shape index (κ3) is 5.18. The Morgan fingerprint density at radius 2 is 2.06 bits per heavy atom. The number of halogens is 5. The maximum atomic E-state index is 12.0. The summed E-state index contributed by atoms with van der Waals surface area (Å²) >= 11 is 8.48. The largest absolute Gasteiger partial charge is 0.573 e. The van der Waals surface area contributed by atoms with Gasteiger partial charge >= 0.3 is 6.36 Å². The van der Waals surface area contributed by atoms with Gasteiger partial charge in [-0.05, 0) is 39.7 Å². The van der Waals surface area contributed by atoms with E-state index in [0.717, 1.165) is 6.07 Å². The van der Waals surface area contributed by atoms with Gasteiger partial charge in [0.15, 0.2) is 0 Å². The molecule has 0 fully saturated rings. The van der Waals surface area contributed by atoms with E-state index in [0.29, 0.717) is 11.3 Å². The molecule has 18 heavy (non-hydrogen) atoms. The van der Waals surface area contributed by atoms with Gasteiger partial charge in [-0.25, -0.2) is 0 Å². The van der Waals surface area contributed by atoms with Crippen molar-refractivity contribution in [3.8, 4) is 11.5 Å². The smallest absolute Gasteiger partial charge is 0.489 e. The van der Waals surface area contributed by atoms with Crippen molar-refractivity contribution < 1.29 is 22.6 Å². The summed E-state index contributed by atoms with van der Waals surface area (Å²) in [5, 5.41) is 0. The highest BCUT2D eigenvalue weighted by Gasteiger charge is 2.31. The molecule has 0 aliphatic heterocycles. The topological polar surface area (TPSA) is 18.5 Å². The van der Waals surface area contributed by atoms with Crippen molar-refractivity contribution in [1.82, 2.24) is 0 Å². The Kier molecular flexibility index (Phi) is 5.34. The molecular formula is C11H9BrClF3O2.